The van der Waals surface area contributed by atoms with E-state index >= 15 is 0 Å². The number of carbonyl (C=O) groups is 3. The van der Waals surface area contributed by atoms with Crippen molar-refractivity contribution in [3.63, 3.8) is 0 Å². The molecule has 8 heteroatoms. The maximum atomic E-state index is 12.2. The lowest BCUT2D eigenvalue weighted by molar-refractivity contribution is -0.112. The molecule has 0 unspecified atom stereocenters. The van der Waals surface area contributed by atoms with Crippen molar-refractivity contribution >= 4 is 29.6 Å². The molecule has 0 fully saturated rings. The van der Waals surface area contributed by atoms with Gasteiger partial charge >= 0.3 is 11.9 Å². The second-order valence-corrected chi connectivity index (χ2v) is 5.12. The van der Waals surface area contributed by atoms with Crippen molar-refractivity contribution in [3.05, 3.63) is 64.7 Å². The number of carboxylic acid groups (broad SMARTS) is 2. The molecule has 0 atom stereocenters. The molecule has 4 N–H and O–H groups in total. The zero-order valence-electron chi connectivity index (χ0n) is 13.1. The molecular weight excluding hydrogens is 340 g/mol. The van der Waals surface area contributed by atoms with E-state index in [1.807, 2.05) is 0 Å². The van der Waals surface area contributed by atoms with Gasteiger partial charge in [-0.05, 0) is 42.0 Å². The third-order valence-electron chi connectivity index (χ3n) is 3.25. The molecule has 130 valence electrons. The molecule has 0 saturated carbocycles. The summed E-state index contributed by atoms with van der Waals surface area (Å²) in [7, 11) is 0. The Labute approximate surface area is 147 Å². The van der Waals surface area contributed by atoms with Gasteiger partial charge in [0.25, 0.3) is 5.91 Å². The van der Waals surface area contributed by atoms with Crippen LogP contribution in [0.15, 0.2) is 48.0 Å². The second kappa shape index (κ2) is 7.63. The van der Waals surface area contributed by atoms with Crippen LogP contribution in [0.4, 0.5) is 5.69 Å². The van der Waals surface area contributed by atoms with Gasteiger partial charge in [-0.3, -0.25) is 4.79 Å². The minimum atomic E-state index is -1.36. The number of nitrogens with one attached hydrogen (secondary N) is 1. The zero-order chi connectivity index (χ0) is 19.3. The van der Waals surface area contributed by atoms with E-state index in [9.17, 15) is 19.5 Å². The Morgan fingerprint density at radius 2 is 1.50 bits per heavy atom. The van der Waals surface area contributed by atoms with Crippen LogP contribution in [0.5, 0.6) is 5.75 Å². The lowest BCUT2D eigenvalue weighted by Gasteiger charge is -2.07. The predicted octanol–water partition coefficient (Wildman–Crippen LogP) is 2.33. The van der Waals surface area contributed by atoms with Crippen molar-refractivity contribution in [2.75, 3.05) is 5.32 Å². The van der Waals surface area contributed by atoms with E-state index in [0.29, 0.717) is 5.56 Å². The number of aromatic hydroxyl groups is 1. The molecule has 1 amide bonds. The monoisotopic (exact) mass is 352 g/mol. The summed E-state index contributed by atoms with van der Waals surface area (Å²) in [6.45, 7) is 0. The summed E-state index contributed by atoms with van der Waals surface area (Å²) < 4.78 is 0. The van der Waals surface area contributed by atoms with E-state index < -0.39 is 17.8 Å². The highest BCUT2D eigenvalue weighted by atomic mass is 16.4. The fraction of sp³-hybridized carbons (Fsp3) is 0. The summed E-state index contributed by atoms with van der Waals surface area (Å²) in [5.41, 5.74) is -0.505. The van der Waals surface area contributed by atoms with Crippen LogP contribution in [0.1, 0.15) is 26.3 Å². The zero-order valence-corrected chi connectivity index (χ0v) is 13.1. The van der Waals surface area contributed by atoms with E-state index in [-0.39, 0.29) is 28.1 Å². The number of nitrogens with zero attached hydrogens (tertiary/aromatic N) is 1. The van der Waals surface area contributed by atoms with Crippen LogP contribution >= 0.6 is 0 Å². The fourth-order valence-electron chi connectivity index (χ4n) is 2.03. The Kier molecular flexibility index (Phi) is 5.35. The summed E-state index contributed by atoms with van der Waals surface area (Å²) >= 11 is 0. The van der Waals surface area contributed by atoms with Crippen molar-refractivity contribution in [3.8, 4) is 11.8 Å². The smallest absolute Gasteiger partial charge is 0.335 e. The summed E-state index contributed by atoms with van der Waals surface area (Å²) in [5.74, 6) is -3.52. The van der Waals surface area contributed by atoms with Crippen LogP contribution in [0, 0.1) is 11.3 Å². The van der Waals surface area contributed by atoms with E-state index in [1.54, 1.807) is 6.07 Å². The number of carboxylic acids is 2. The first-order valence-corrected chi connectivity index (χ1v) is 7.14. The average Bonchev–Trinajstić information content (AvgIpc) is 2.60. The average molecular weight is 352 g/mol. The van der Waals surface area contributed by atoms with Gasteiger partial charge < -0.3 is 20.6 Å². The Morgan fingerprint density at radius 1 is 0.962 bits per heavy atom. The molecule has 0 heterocycles. The summed E-state index contributed by atoms with van der Waals surface area (Å²) in [4.78, 5) is 34.4. The molecule has 0 aliphatic carbocycles. The third-order valence-corrected chi connectivity index (χ3v) is 3.25. The summed E-state index contributed by atoms with van der Waals surface area (Å²) in [5, 5.41) is 38.8. The van der Waals surface area contributed by atoms with Crippen molar-refractivity contribution < 1.29 is 29.7 Å². The molecule has 0 aliphatic rings. The molecule has 0 saturated heterocycles. The first-order valence-electron chi connectivity index (χ1n) is 7.14. The Balaban J connectivity index is 2.32. The lowest BCUT2D eigenvalue weighted by Crippen LogP contribution is -2.15. The SMILES string of the molecule is N#C/C(=C\c1ccc(O)cc1)C(=O)Nc1cc(C(=O)O)cc(C(=O)O)c1. The van der Waals surface area contributed by atoms with Crippen LogP contribution in [0.2, 0.25) is 0 Å². The topological polar surface area (TPSA) is 148 Å². The molecule has 2 aromatic rings. The van der Waals surface area contributed by atoms with Gasteiger partial charge in [-0.15, -0.1) is 0 Å². The highest BCUT2D eigenvalue weighted by Gasteiger charge is 2.15. The number of nitriles is 1. The Morgan fingerprint density at radius 3 is 1.96 bits per heavy atom. The largest absolute Gasteiger partial charge is 0.508 e. The van der Waals surface area contributed by atoms with Gasteiger partial charge in [0.1, 0.15) is 17.4 Å². The van der Waals surface area contributed by atoms with E-state index in [0.717, 1.165) is 18.2 Å². The normalized spacial score (nSPS) is 10.7. The standard InChI is InChI=1S/C18H12N2O6/c19-9-13(5-10-1-3-15(21)4-2-10)16(22)20-14-7-11(17(23)24)6-12(8-14)18(25)26/h1-8,21H,(H,20,22)(H,23,24)(H,25,26)/b13-5+. The minimum Gasteiger partial charge on any atom is -0.508 e. The summed E-state index contributed by atoms with van der Waals surface area (Å²) in [6.07, 6.45) is 1.27. The van der Waals surface area contributed by atoms with Gasteiger partial charge in [0.15, 0.2) is 0 Å². The maximum absolute atomic E-state index is 12.2. The highest BCUT2D eigenvalue weighted by Crippen LogP contribution is 2.18. The van der Waals surface area contributed by atoms with E-state index in [4.69, 9.17) is 15.5 Å². The van der Waals surface area contributed by atoms with Gasteiger partial charge in [0, 0.05) is 5.69 Å². The van der Waals surface area contributed by atoms with Crippen molar-refractivity contribution in [1.29, 1.82) is 5.26 Å². The molecular formula is C18H12N2O6. The number of hydrogen-bond acceptors (Lipinski definition) is 5. The predicted molar refractivity (Wildman–Crippen MR) is 90.7 cm³/mol. The first kappa shape index (κ1) is 18.2. The van der Waals surface area contributed by atoms with Crippen LogP contribution in [0.3, 0.4) is 0 Å². The number of hydrogen-bond donors (Lipinski definition) is 4. The molecule has 2 rings (SSSR count). The lowest BCUT2D eigenvalue weighted by atomic mass is 10.1. The Bertz CT molecular complexity index is 922. The molecule has 0 spiro atoms. The number of carbonyl (C=O) groups excluding carboxylic acids is 1. The maximum Gasteiger partial charge on any atom is 0.335 e. The third kappa shape index (κ3) is 4.46. The van der Waals surface area contributed by atoms with Crippen molar-refractivity contribution in [2.24, 2.45) is 0 Å². The molecule has 0 radical (unpaired) electrons. The van der Waals surface area contributed by atoms with Gasteiger partial charge in [-0.25, -0.2) is 9.59 Å². The quantitative estimate of drug-likeness (QED) is 0.477. The van der Waals surface area contributed by atoms with Gasteiger partial charge in [0.2, 0.25) is 0 Å². The number of phenols is 1. The molecule has 0 bridgehead atoms. The minimum absolute atomic E-state index is 0.0248. The molecule has 26 heavy (non-hydrogen) atoms. The number of anilines is 1. The van der Waals surface area contributed by atoms with Gasteiger partial charge in [0.05, 0.1) is 11.1 Å². The van der Waals surface area contributed by atoms with E-state index in [2.05, 4.69) is 5.32 Å². The number of amides is 1. The molecule has 0 aliphatic heterocycles. The second-order valence-electron chi connectivity index (χ2n) is 5.12. The van der Waals surface area contributed by atoms with Gasteiger partial charge in [-0.2, -0.15) is 5.26 Å². The molecule has 8 nitrogen and oxygen atoms in total. The van der Waals surface area contributed by atoms with Crippen LogP contribution < -0.4 is 5.32 Å². The number of rotatable bonds is 5. The van der Waals surface area contributed by atoms with Crippen LogP contribution in [-0.2, 0) is 4.79 Å². The fourth-order valence-corrected chi connectivity index (χ4v) is 2.03. The number of aromatic carboxylic acids is 2. The summed E-state index contributed by atoms with van der Waals surface area (Å²) in [6, 6.07) is 10.6. The van der Waals surface area contributed by atoms with E-state index in [1.165, 1.54) is 30.3 Å². The first-order chi connectivity index (χ1) is 12.3. The van der Waals surface area contributed by atoms with Gasteiger partial charge in [-0.1, -0.05) is 12.1 Å². The number of phenolic OH excluding ortho intramolecular Hbond substituents is 1. The van der Waals surface area contributed by atoms with Crippen molar-refractivity contribution in [2.45, 2.75) is 0 Å². The molecule has 2 aromatic carbocycles. The molecule has 0 aromatic heterocycles. The van der Waals surface area contributed by atoms with Crippen molar-refractivity contribution in [1.82, 2.24) is 0 Å². The highest BCUT2D eigenvalue weighted by molar-refractivity contribution is 6.10. The van der Waals surface area contributed by atoms with Crippen LogP contribution in [-0.4, -0.2) is 33.2 Å². The number of benzene rings is 2. The Hall–Kier alpha value is -4.12. The van der Waals surface area contributed by atoms with Crippen LogP contribution in [0.25, 0.3) is 6.08 Å².